The smallest absolute Gasteiger partial charge is 0.267 e. The zero-order valence-electron chi connectivity index (χ0n) is 11.7. The van der Waals surface area contributed by atoms with Gasteiger partial charge in [-0.25, -0.2) is 0 Å². The first-order valence-electron chi connectivity index (χ1n) is 7.05. The summed E-state index contributed by atoms with van der Waals surface area (Å²) in [6.45, 7) is 1.73. The summed E-state index contributed by atoms with van der Waals surface area (Å²) in [7, 11) is 0. The monoisotopic (exact) mass is 282 g/mol. The fourth-order valence-corrected chi connectivity index (χ4v) is 2.67. The molecule has 21 heavy (non-hydrogen) atoms. The molecule has 0 saturated carbocycles. The fourth-order valence-electron chi connectivity index (χ4n) is 2.67. The SMILES string of the molecule is NC(=O)c1cc(NCC2NCCc3ccccc32)ccn1. The van der Waals surface area contributed by atoms with E-state index >= 15 is 0 Å². The van der Waals surface area contributed by atoms with Crippen LogP contribution in [0.25, 0.3) is 0 Å². The van der Waals surface area contributed by atoms with Crippen molar-refractivity contribution in [1.29, 1.82) is 0 Å². The van der Waals surface area contributed by atoms with Gasteiger partial charge in [-0.3, -0.25) is 9.78 Å². The van der Waals surface area contributed by atoms with Gasteiger partial charge >= 0.3 is 0 Å². The van der Waals surface area contributed by atoms with Crippen LogP contribution in [0.5, 0.6) is 0 Å². The Kier molecular flexibility index (Phi) is 3.83. The number of benzene rings is 1. The molecule has 1 aromatic heterocycles. The maximum absolute atomic E-state index is 11.1. The van der Waals surface area contributed by atoms with Gasteiger partial charge in [0.1, 0.15) is 5.69 Å². The number of nitrogens with two attached hydrogens (primary N) is 1. The van der Waals surface area contributed by atoms with E-state index in [1.54, 1.807) is 12.3 Å². The van der Waals surface area contributed by atoms with Crippen LogP contribution in [0.1, 0.15) is 27.7 Å². The molecule has 5 nitrogen and oxygen atoms in total. The van der Waals surface area contributed by atoms with Crippen molar-refractivity contribution in [2.45, 2.75) is 12.5 Å². The molecule has 5 heteroatoms. The van der Waals surface area contributed by atoms with E-state index in [1.807, 2.05) is 6.07 Å². The molecule has 1 aliphatic heterocycles. The molecular weight excluding hydrogens is 264 g/mol. The lowest BCUT2D eigenvalue weighted by atomic mass is 9.94. The molecule has 1 atom stereocenters. The molecule has 0 saturated heterocycles. The molecule has 0 bridgehead atoms. The van der Waals surface area contributed by atoms with Crippen LogP contribution in [0.2, 0.25) is 0 Å². The number of primary amides is 1. The number of fused-ring (bicyclic) bond motifs is 1. The van der Waals surface area contributed by atoms with E-state index in [-0.39, 0.29) is 11.7 Å². The second-order valence-electron chi connectivity index (χ2n) is 5.13. The number of carbonyl (C=O) groups excluding carboxylic acids is 1. The van der Waals surface area contributed by atoms with Crippen molar-refractivity contribution >= 4 is 11.6 Å². The average Bonchev–Trinajstić information content (AvgIpc) is 2.53. The Morgan fingerprint density at radius 1 is 1.38 bits per heavy atom. The van der Waals surface area contributed by atoms with Crippen LogP contribution in [0.3, 0.4) is 0 Å². The zero-order chi connectivity index (χ0) is 14.7. The van der Waals surface area contributed by atoms with E-state index in [0.717, 1.165) is 25.2 Å². The van der Waals surface area contributed by atoms with Crippen LogP contribution >= 0.6 is 0 Å². The van der Waals surface area contributed by atoms with Crippen molar-refractivity contribution in [3.63, 3.8) is 0 Å². The Bertz CT molecular complexity index is 656. The van der Waals surface area contributed by atoms with E-state index in [0.29, 0.717) is 0 Å². The highest BCUT2D eigenvalue weighted by atomic mass is 16.1. The minimum Gasteiger partial charge on any atom is -0.383 e. The van der Waals surface area contributed by atoms with Gasteiger partial charge in [0.2, 0.25) is 0 Å². The standard InChI is InChI=1S/C16H18N4O/c17-16(21)14-9-12(6-8-18-14)20-10-15-13-4-2-1-3-11(13)5-7-19-15/h1-4,6,8-9,15,19H,5,7,10H2,(H2,17,21)(H,18,20). The van der Waals surface area contributed by atoms with Gasteiger partial charge in [-0.15, -0.1) is 0 Å². The van der Waals surface area contributed by atoms with Gasteiger partial charge in [-0.05, 0) is 36.2 Å². The summed E-state index contributed by atoms with van der Waals surface area (Å²) in [5, 5.41) is 6.85. The third-order valence-electron chi connectivity index (χ3n) is 3.74. The molecule has 0 spiro atoms. The Morgan fingerprint density at radius 2 is 2.24 bits per heavy atom. The van der Waals surface area contributed by atoms with Crippen LogP contribution < -0.4 is 16.4 Å². The number of pyridine rings is 1. The Hall–Kier alpha value is -2.40. The van der Waals surface area contributed by atoms with E-state index in [2.05, 4.69) is 39.9 Å². The number of hydrogen-bond acceptors (Lipinski definition) is 4. The van der Waals surface area contributed by atoms with Crippen molar-refractivity contribution in [2.24, 2.45) is 5.73 Å². The third kappa shape index (κ3) is 3.03. The number of nitrogens with zero attached hydrogens (tertiary/aromatic N) is 1. The lowest BCUT2D eigenvalue weighted by molar-refractivity contribution is 0.0995. The molecular formula is C16H18N4O. The maximum atomic E-state index is 11.1. The number of aromatic nitrogens is 1. The van der Waals surface area contributed by atoms with Gasteiger partial charge in [0.25, 0.3) is 5.91 Å². The highest BCUT2D eigenvalue weighted by molar-refractivity contribution is 5.91. The minimum absolute atomic E-state index is 0.264. The molecule has 108 valence electrons. The summed E-state index contributed by atoms with van der Waals surface area (Å²) in [5.41, 5.74) is 9.10. The van der Waals surface area contributed by atoms with Crippen LogP contribution in [-0.4, -0.2) is 24.0 Å². The number of carbonyl (C=O) groups is 1. The first-order chi connectivity index (χ1) is 10.2. The van der Waals surface area contributed by atoms with Gasteiger partial charge in [0.05, 0.1) is 0 Å². The largest absolute Gasteiger partial charge is 0.383 e. The maximum Gasteiger partial charge on any atom is 0.267 e. The van der Waals surface area contributed by atoms with E-state index in [4.69, 9.17) is 5.73 Å². The van der Waals surface area contributed by atoms with Gasteiger partial charge in [0, 0.05) is 24.5 Å². The number of amides is 1. The third-order valence-corrected chi connectivity index (χ3v) is 3.74. The summed E-state index contributed by atoms with van der Waals surface area (Å²) in [6.07, 6.45) is 2.65. The summed E-state index contributed by atoms with van der Waals surface area (Å²) < 4.78 is 0. The topological polar surface area (TPSA) is 80.0 Å². The van der Waals surface area contributed by atoms with Crippen molar-refractivity contribution < 1.29 is 4.79 Å². The molecule has 1 aromatic carbocycles. The Labute approximate surface area is 123 Å². The molecule has 1 amide bonds. The molecule has 4 N–H and O–H groups in total. The van der Waals surface area contributed by atoms with Crippen LogP contribution in [0.15, 0.2) is 42.6 Å². The lowest BCUT2D eigenvalue weighted by Crippen LogP contribution is -2.34. The predicted molar refractivity (Wildman–Crippen MR) is 82.1 cm³/mol. The van der Waals surface area contributed by atoms with Crippen molar-refractivity contribution in [3.05, 3.63) is 59.4 Å². The summed E-state index contributed by atoms with van der Waals surface area (Å²) in [5.74, 6) is -0.514. The predicted octanol–water partition coefficient (Wildman–Crippen LogP) is 1.48. The summed E-state index contributed by atoms with van der Waals surface area (Å²) in [6, 6.07) is 12.3. The van der Waals surface area contributed by atoms with Crippen LogP contribution in [0.4, 0.5) is 5.69 Å². The molecule has 0 fully saturated rings. The molecule has 0 radical (unpaired) electrons. The molecule has 0 aliphatic carbocycles. The number of nitrogens with one attached hydrogen (secondary N) is 2. The van der Waals surface area contributed by atoms with E-state index in [9.17, 15) is 4.79 Å². The quantitative estimate of drug-likeness (QED) is 0.793. The number of rotatable bonds is 4. The lowest BCUT2D eigenvalue weighted by Gasteiger charge is -2.27. The van der Waals surface area contributed by atoms with Crippen molar-refractivity contribution in [3.8, 4) is 0 Å². The zero-order valence-corrected chi connectivity index (χ0v) is 11.7. The van der Waals surface area contributed by atoms with Crippen LogP contribution in [0, 0.1) is 0 Å². The highest BCUT2D eigenvalue weighted by Crippen LogP contribution is 2.23. The summed E-state index contributed by atoms with van der Waals surface area (Å²) >= 11 is 0. The Balaban J connectivity index is 1.71. The minimum atomic E-state index is -0.514. The average molecular weight is 282 g/mol. The molecule has 2 heterocycles. The van der Waals surface area contributed by atoms with E-state index < -0.39 is 5.91 Å². The molecule has 3 rings (SSSR count). The first-order valence-corrected chi connectivity index (χ1v) is 7.05. The molecule has 1 aliphatic rings. The second kappa shape index (κ2) is 5.93. The first kappa shape index (κ1) is 13.6. The number of anilines is 1. The fraction of sp³-hybridized carbons (Fsp3) is 0.250. The second-order valence-corrected chi connectivity index (χ2v) is 5.13. The van der Waals surface area contributed by atoms with Gasteiger partial charge in [-0.1, -0.05) is 24.3 Å². The molecule has 2 aromatic rings. The highest BCUT2D eigenvalue weighted by Gasteiger charge is 2.18. The van der Waals surface area contributed by atoms with Crippen molar-refractivity contribution in [2.75, 3.05) is 18.4 Å². The van der Waals surface area contributed by atoms with Crippen LogP contribution in [-0.2, 0) is 6.42 Å². The summed E-state index contributed by atoms with van der Waals surface area (Å²) in [4.78, 5) is 15.1. The van der Waals surface area contributed by atoms with Gasteiger partial charge in [-0.2, -0.15) is 0 Å². The van der Waals surface area contributed by atoms with E-state index in [1.165, 1.54) is 11.1 Å². The normalized spacial score (nSPS) is 17.0. The molecule has 1 unspecified atom stereocenters. The van der Waals surface area contributed by atoms with Gasteiger partial charge in [0.15, 0.2) is 0 Å². The Morgan fingerprint density at radius 3 is 3.10 bits per heavy atom. The van der Waals surface area contributed by atoms with Gasteiger partial charge < -0.3 is 16.4 Å². The van der Waals surface area contributed by atoms with Crippen molar-refractivity contribution in [1.82, 2.24) is 10.3 Å². The number of hydrogen-bond donors (Lipinski definition) is 3.